The molecule has 20 heavy (non-hydrogen) atoms. The normalized spacial score (nSPS) is 10.8. The van der Waals surface area contributed by atoms with Crippen molar-refractivity contribution in [3.8, 4) is 5.75 Å². The molecule has 0 aliphatic heterocycles. The van der Waals surface area contributed by atoms with Crippen molar-refractivity contribution in [2.75, 3.05) is 6.61 Å². The molecule has 3 aromatic rings. The summed E-state index contributed by atoms with van der Waals surface area (Å²) in [6, 6.07) is 14.2. The number of hydrogen-bond donors (Lipinski definition) is 1. The molecular weight excluding hydrogens is 250 g/mol. The first kappa shape index (κ1) is 12.7. The van der Waals surface area contributed by atoms with Crippen molar-refractivity contribution in [3.05, 3.63) is 60.4 Å². The molecule has 0 saturated carbocycles. The molecule has 3 rings (SSSR count). The Kier molecular flexibility index (Phi) is 3.65. The molecule has 0 spiro atoms. The van der Waals surface area contributed by atoms with E-state index in [1.807, 2.05) is 35.1 Å². The molecule has 0 atom stereocenters. The summed E-state index contributed by atoms with van der Waals surface area (Å²) in [7, 11) is 0. The molecule has 0 aliphatic rings. The van der Waals surface area contributed by atoms with Gasteiger partial charge in [-0.3, -0.25) is 4.68 Å². The maximum atomic E-state index is 5.89. The molecule has 0 fully saturated rings. The van der Waals surface area contributed by atoms with E-state index in [0.717, 1.165) is 23.2 Å². The SMILES string of the molecule is NCc1c(OCCn2cccn2)ccc2ccccc12. The molecule has 0 amide bonds. The predicted octanol–water partition coefficient (Wildman–Crippen LogP) is 2.57. The molecule has 2 aromatic carbocycles. The summed E-state index contributed by atoms with van der Waals surface area (Å²) in [6.45, 7) is 1.77. The van der Waals surface area contributed by atoms with Crippen molar-refractivity contribution in [1.29, 1.82) is 0 Å². The number of hydrogen-bond acceptors (Lipinski definition) is 3. The largest absolute Gasteiger partial charge is 0.491 e. The fourth-order valence-corrected chi connectivity index (χ4v) is 2.34. The number of benzene rings is 2. The van der Waals surface area contributed by atoms with Gasteiger partial charge in [-0.25, -0.2) is 0 Å². The summed E-state index contributed by atoms with van der Waals surface area (Å²) < 4.78 is 7.72. The molecule has 4 heteroatoms. The third-order valence-electron chi connectivity index (χ3n) is 3.34. The maximum absolute atomic E-state index is 5.89. The van der Waals surface area contributed by atoms with Crippen LogP contribution in [0.25, 0.3) is 10.8 Å². The van der Waals surface area contributed by atoms with Crippen LogP contribution in [-0.2, 0) is 13.1 Å². The molecule has 1 aromatic heterocycles. The monoisotopic (exact) mass is 267 g/mol. The Labute approximate surface area is 117 Å². The second kappa shape index (κ2) is 5.75. The maximum Gasteiger partial charge on any atom is 0.124 e. The van der Waals surface area contributed by atoms with Crippen LogP contribution in [0.15, 0.2) is 54.9 Å². The lowest BCUT2D eigenvalue weighted by Gasteiger charge is -2.13. The Bertz CT molecular complexity index is 692. The van der Waals surface area contributed by atoms with E-state index in [9.17, 15) is 0 Å². The summed E-state index contributed by atoms with van der Waals surface area (Å²) in [5, 5.41) is 6.50. The number of fused-ring (bicyclic) bond motifs is 1. The average Bonchev–Trinajstić information content (AvgIpc) is 3.00. The van der Waals surface area contributed by atoms with Crippen LogP contribution >= 0.6 is 0 Å². The van der Waals surface area contributed by atoms with Crippen LogP contribution in [0.1, 0.15) is 5.56 Å². The van der Waals surface area contributed by atoms with Crippen LogP contribution in [0.4, 0.5) is 0 Å². The minimum atomic E-state index is 0.471. The van der Waals surface area contributed by atoms with Crippen molar-refractivity contribution >= 4 is 10.8 Å². The molecule has 0 aliphatic carbocycles. The lowest BCUT2D eigenvalue weighted by molar-refractivity contribution is 0.289. The lowest BCUT2D eigenvalue weighted by Crippen LogP contribution is -2.10. The van der Waals surface area contributed by atoms with E-state index < -0.39 is 0 Å². The van der Waals surface area contributed by atoms with E-state index in [-0.39, 0.29) is 0 Å². The van der Waals surface area contributed by atoms with Crippen LogP contribution < -0.4 is 10.5 Å². The Morgan fingerprint density at radius 1 is 1.10 bits per heavy atom. The van der Waals surface area contributed by atoms with E-state index >= 15 is 0 Å². The summed E-state index contributed by atoms with van der Waals surface area (Å²) in [5.41, 5.74) is 6.94. The van der Waals surface area contributed by atoms with Crippen molar-refractivity contribution in [2.24, 2.45) is 5.73 Å². The summed E-state index contributed by atoms with van der Waals surface area (Å²) in [6.07, 6.45) is 3.69. The van der Waals surface area contributed by atoms with Gasteiger partial charge in [0.05, 0.1) is 6.54 Å². The van der Waals surface area contributed by atoms with Gasteiger partial charge in [-0.1, -0.05) is 30.3 Å². The number of aromatic nitrogens is 2. The van der Waals surface area contributed by atoms with Crippen LogP contribution in [0, 0.1) is 0 Å². The minimum absolute atomic E-state index is 0.471. The van der Waals surface area contributed by atoms with Crippen molar-refractivity contribution in [1.82, 2.24) is 9.78 Å². The smallest absolute Gasteiger partial charge is 0.124 e. The third kappa shape index (κ3) is 2.51. The highest BCUT2D eigenvalue weighted by Gasteiger charge is 2.07. The Hall–Kier alpha value is -2.33. The van der Waals surface area contributed by atoms with Gasteiger partial charge in [-0.05, 0) is 22.9 Å². The first-order chi connectivity index (χ1) is 9.88. The minimum Gasteiger partial charge on any atom is -0.491 e. The van der Waals surface area contributed by atoms with Gasteiger partial charge >= 0.3 is 0 Å². The van der Waals surface area contributed by atoms with Gasteiger partial charge in [0.25, 0.3) is 0 Å². The predicted molar refractivity (Wildman–Crippen MR) is 79.6 cm³/mol. The van der Waals surface area contributed by atoms with E-state index in [1.165, 1.54) is 5.39 Å². The lowest BCUT2D eigenvalue weighted by atomic mass is 10.0. The van der Waals surface area contributed by atoms with Gasteiger partial charge in [0.15, 0.2) is 0 Å². The number of rotatable bonds is 5. The zero-order valence-electron chi connectivity index (χ0n) is 11.2. The first-order valence-electron chi connectivity index (χ1n) is 6.69. The molecule has 102 valence electrons. The number of nitrogens with two attached hydrogens (primary N) is 1. The Morgan fingerprint density at radius 2 is 2.00 bits per heavy atom. The molecule has 0 bridgehead atoms. The average molecular weight is 267 g/mol. The molecule has 0 unspecified atom stereocenters. The van der Waals surface area contributed by atoms with Crippen LogP contribution in [0.2, 0.25) is 0 Å². The van der Waals surface area contributed by atoms with Crippen molar-refractivity contribution < 1.29 is 4.74 Å². The summed E-state index contributed by atoms with van der Waals surface area (Å²) >= 11 is 0. The van der Waals surface area contributed by atoms with Gasteiger partial charge in [0.2, 0.25) is 0 Å². The molecular formula is C16H17N3O. The zero-order chi connectivity index (χ0) is 13.8. The van der Waals surface area contributed by atoms with Gasteiger partial charge < -0.3 is 10.5 Å². The Morgan fingerprint density at radius 3 is 2.80 bits per heavy atom. The van der Waals surface area contributed by atoms with Crippen LogP contribution in [-0.4, -0.2) is 16.4 Å². The van der Waals surface area contributed by atoms with Gasteiger partial charge in [0.1, 0.15) is 12.4 Å². The van der Waals surface area contributed by atoms with Crippen molar-refractivity contribution in [3.63, 3.8) is 0 Å². The van der Waals surface area contributed by atoms with Gasteiger partial charge in [-0.15, -0.1) is 0 Å². The van der Waals surface area contributed by atoms with E-state index in [4.69, 9.17) is 10.5 Å². The topological polar surface area (TPSA) is 53.1 Å². The van der Waals surface area contributed by atoms with Gasteiger partial charge in [-0.2, -0.15) is 5.10 Å². The number of nitrogens with zero attached hydrogens (tertiary/aromatic N) is 2. The second-order valence-electron chi connectivity index (χ2n) is 4.59. The fourth-order valence-electron chi connectivity index (χ4n) is 2.34. The molecule has 0 saturated heterocycles. The van der Waals surface area contributed by atoms with E-state index in [2.05, 4.69) is 23.3 Å². The highest BCUT2D eigenvalue weighted by atomic mass is 16.5. The van der Waals surface area contributed by atoms with Crippen molar-refractivity contribution in [2.45, 2.75) is 13.1 Å². The molecule has 2 N–H and O–H groups in total. The number of ether oxygens (including phenoxy) is 1. The second-order valence-corrected chi connectivity index (χ2v) is 4.59. The fraction of sp³-hybridized carbons (Fsp3) is 0.188. The quantitative estimate of drug-likeness (QED) is 0.773. The summed E-state index contributed by atoms with van der Waals surface area (Å²) in [4.78, 5) is 0. The molecule has 1 heterocycles. The Balaban J connectivity index is 1.80. The zero-order valence-corrected chi connectivity index (χ0v) is 11.2. The third-order valence-corrected chi connectivity index (χ3v) is 3.34. The standard InChI is InChI=1S/C16H17N3O/c17-12-15-14-5-2-1-4-13(14)6-7-16(15)20-11-10-19-9-3-8-18-19/h1-9H,10-12,17H2. The molecule has 0 radical (unpaired) electrons. The van der Waals surface area contributed by atoms with Crippen LogP contribution in [0.5, 0.6) is 5.75 Å². The highest BCUT2D eigenvalue weighted by molar-refractivity contribution is 5.87. The van der Waals surface area contributed by atoms with Crippen LogP contribution in [0.3, 0.4) is 0 Å². The summed E-state index contributed by atoms with van der Waals surface area (Å²) in [5.74, 6) is 0.860. The van der Waals surface area contributed by atoms with E-state index in [0.29, 0.717) is 13.2 Å². The van der Waals surface area contributed by atoms with E-state index in [1.54, 1.807) is 6.20 Å². The van der Waals surface area contributed by atoms with Gasteiger partial charge in [0, 0.05) is 24.5 Å². The first-order valence-corrected chi connectivity index (χ1v) is 6.69. The molecule has 4 nitrogen and oxygen atoms in total. The highest BCUT2D eigenvalue weighted by Crippen LogP contribution is 2.27.